The lowest BCUT2D eigenvalue weighted by atomic mass is 9.90. The van der Waals surface area contributed by atoms with Gasteiger partial charge in [0.25, 0.3) is 0 Å². The summed E-state index contributed by atoms with van der Waals surface area (Å²) in [5.41, 5.74) is 2.31. The van der Waals surface area contributed by atoms with Gasteiger partial charge in [-0.15, -0.1) is 0 Å². The van der Waals surface area contributed by atoms with E-state index in [4.69, 9.17) is 0 Å². The summed E-state index contributed by atoms with van der Waals surface area (Å²) in [6.45, 7) is 0. The molecule has 148 valence electrons. The van der Waals surface area contributed by atoms with Crippen molar-refractivity contribution in [1.29, 1.82) is 0 Å². The highest BCUT2D eigenvalue weighted by Gasteiger charge is 2.09. The molecule has 27 heavy (non-hydrogen) atoms. The van der Waals surface area contributed by atoms with Crippen LogP contribution >= 0.6 is 0 Å². The second kappa shape index (κ2) is 15.1. The summed E-state index contributed by atoms with van der Waals surface area (Å²) >= 11 is 0. The molecule has 0 heterocycles. The molecule has 0 unspecified atom stereocenters. The average Bonchev–Trinajstić information content (AvgIpc) is 2.65. The van der Waals surface area contributed by atoms with Gasteiger partial charge in [-0.3, -0.25) is 4.79 Å². The van der Waals surface area contributed by atoms with E-state index in [1.165, 1.54) is 39.2 Å². The molecule has 1 rings (SSSR count). The number of rotatable bonds is 8. The highest BCUT2D eigenvalue weighted by molar-refractivity contribution is 5.68. The fraction of sp³-hybridized carbons (Fsp3) is 0.591. The largest absolute Gasteiger partial charge is 0.388 e. The molecule has 0 amide bonds. The second-order valence-electron chi connectivity index (χ2n) is 6.55. The maximum absolute atomic E-state index is 11.1. The van der Waals surface area contributed by atoms with Crippen LogP contribution in [0.1, 0.15) is 57.8 Å². The van der Waals surface area contributed by atoms with Gasteiger partial charge >= 0.3 is 5.97 Å². The molecule has 2 atom stereocenters. The lowest BCUT2D eigenvalue weighted by molar-refractivity contribution is -0.150. The van der Waals surface area contributed by atoms with Crippen molar-refractivity contribution in [3.63, 3.8) is 0 Å². The van der Waals surface area contributed by atoms with E-state index in [0.717, 1.165) is 0 Å². The predicted molar refractivity (Wildman–Crippen MR) is 106 cm³/mol. The summed E-state index contributed by atoms with van der Waals surface area (Å²) < 4.78 is 0. The van der Waals surface area contributed by atoms with Crippen molar-refractivity contribution >= 4 is 5.97 Å². The van der Waals surface area contributed by atoms with Crippen LogP contribution in [-0.4, -0.2) is 35.4 Å². The van der Waals surface area contributed by atoms with Crippen LogP contribution in [0.25, 0.3) is 0 Å². The third-order valence-electron chi connectivity index (χ3n) is 4.17. The monoisotopic (exact) mass is 373 g/mol. The molecule has 0 spiro atoms. The Bertz CT molecular complexity index is 597. The number of nitrogens with one attached hydrogen (secondary N) is 1. The summed E-state index contributed by atoms with van der Waals surface area (Å²) in [6, 6.07) is 0. The van der Waals surface area contributed by atoms with Crippen LogP contribution in [0.4, 0.5) is 0 Å². The zero-order chi connectivity index (χ0) is 19.7. The fourth-order valence-corrected chi connectivity index (χ4v) is 2.74. The van der Waals surface area contributed by atoms with E-state index < -0.39 is 12.2 Å². The Kier molecular flexibility index (Phi) is 12.8. The minimum atomic E-state index is -0.776. The normalized spacial score (nSPS) is 17.0. The Labute approximate surface area is 162 Å². The van der Waals surface area contributed by atoms with Crippen molar-refractivity contribution < 1.29 is 19.8 Å². The van der Waals surface area contributed by atoms with E-state index in [2.05, 4.69) is 34.0 Å². The smallest absolute Gasteiger partial charge is 0.324 e. The predicted octanol–water partition coefficient (Wildman–Crippen LogP) is 2.65. The van der Waals surface area contributed by atoms with Crippen molar-refractivity contribution in [2.24, 2.45) is 5.92 Å². The van der Waals surface area contributed by atoms with E-state index in [9.17, 15) is 15.0 Å². The first-order valence-corrected chi connectivity index (χ1v) is 9.67. The van der Waals surface area contributed by atoms with E-state index in [-0.39, 0.29) is 12.4 Å². The van der Waals surface area contributed by atoms with Crippen molar-refractivity contribution in [1.82, 2.24) is 5.48 Å². The highest BCUT2D eigenvalue weighted by atomic mass is 16.7. The molecule has 0 saturated heterocycles. The molecule has 0 radical (unpaired) electrons. The number of hydrogen-bond donors (Lipinski definition) is 3. The highest BCUT2D eigenvalue weighted by Crippen LogP contribution is 2.22. The molecule has 0 aromatic carbocycles. The van der Waals surface area contributed by atoms with Crippen molar-refractivity contribution in [3.8, 4) is 23.7 Å². The van der Waals surface area contributed by atoms with Gasteiger partial charge in [-0.05, 0) is 31.8 Å². The van der Waals surface area contributed by atoms with Crippen LogP contribution in [0, 0.1) is 29.6 Å². The molecule has 3 N–H and O–H groups in total. The van der Waals surface area contributed by atoms with Gasteiger partial charge in [-0.25, -0.2) is 0 Å². The third-order valence-corrected chi connectivity index (χ3v) is 4.17. The van der Waals surface area contributed by atoms with Crippen LogP contribution < -0.4 is 5.48 Å². The Morgan fingerprint density at radius 2 is 2.04 bits per heavy atom. The van der Waals surface area contributed by atoms with Gasteiger partial charge in [0.15, 0.2) is 0 Å². The van der Waals surface area contributed by atoms with Crippen LogP contribution in [0.15, 0.2) is 24.3 Å². The lowest BCUT2D eigenvalue weighted by Gasteiger charge is -2.15. The van der Waals surface area contributed by atoms with Crippen molar-refractivity contribution in [2.75, 3.05) is 7.05 Å². The summed E-state index contributed by atoms with van der Waals surface area (Å²) in [5, 5.41) is 19.6. The summed E-state index contributed by atoms with van der Waals surface area (Å²) in [7, 11) is 1.52. The number of carbonyl (C=O) groups excluding carboxylic acids is 1. The minimum Gasteiger partial charge on any atom is -0.388 e. The van der Waals surface area contributed by atoms with E-state index in [1.54, 1.807) is 24.3 Å². The van der Waals surface area contributed by atoms with Gasteiger partial charge in [-0.2, -0.15) is 5.48 Å². The first kappa shape index (κ1) is 23.0. The minimum absolute atomic E-state index is 0.236. The van der Waals surface area contributed by atoms with Crippen LogP contribution in [0.5, 0.6) is 0 Å². The van der Waals surface area contributed by atoms with Gasteiger partial charge in [0.05, 0.1) is 6.10 Å². The molecule has 0 aromatic rings. The molecular weight excluding hydrogens is 342 g/mol. The Morgan fingerprint density at radius 1 is 1.26 bits per heavy atom. The first-order valence-electron chi connectivity index (χ1n) is 9.67. The topological polar surface area (TPSA) is 78.8 Å². The summed E-state index contributed by atoms with van der Waals surface area (Å²) in [5.74, 6) is 11.9. The number of allylic oxidation sites excluding steroid dienone is 3. The molecular formula is C22H31NO4. The van der Waals surface area contributed by atoms with Crippen LogP contribution in [-0.2, 0) is 9.63 Å². The van der Waals surface area contributed by atoms with Gasteiger partial charge < -0.3 is 15.1 Å². The number of hydrogen-bond acceptors (Lipinski definition) is 5. The fourth-order valence-electron chi connectivity index (χ4n) is 2.74. The standard InChI is InChI=1S/C22H31NO4/c1-23-27-22(26)18-10-17-21(25)15-8-3-2-7-14-20(24)16-9-13-19-11-5-4-6-12-19/h2-3,7,14,19-21,23-25H,4-6,10-12,16-18H2,1H3/b3-2+,14-7+/t20-,21+/m0/s1. The van der Waals surface area contributed by atoms with Gasteiger partial charge in [-0.1, -0.05) is 61.2 Å². The van der Waals surface area contributed by atoms with E-state index >= 15 is 0 Å². The molecule has 0 aromatic heterocycles. The Balaban J connectivity index is 2.18. The van der Waals surface area contributed by atoms with Crippen LogP contribution in [0.2, 0.25) is 0 Å². The maximum atomic E-state index is 11.1. The quantitative estimate of drug-likeness (QED) is 0.346. The zero-order valence-corrected chi connectivity index (χ0v) is 16.1. The molecule has 0 aliphatic heterocycles. The Morgan fingerprint density at radius 3 is 2.78 bits per heavy atom. The van der Waals surface area contributed by atoms with Crippen LogP contribution in [0.3, 0.4) is 0 Å². The summed E-state index contributed by atoms with van der Waals surface area (Å²) in [4.78, 5) is 15.7. The van der Waals surface area contributed by atoms with Crippen molar-refractivity contribution in [3.05, 3.63) is 24.3 Å². The molecule has 1 aliphatic rings. The molecule has 1 saturated carbocycles. The zero-order valence-electron chi connectivity index (χ0n) is 16.1. The van der Waals surface area contributed by atoms with Gasteiger partial charge in [0.1, 0.15) is 6.10 Å². The van der Waals surface area contributed by atoms with Crippen molar-refractivity contribution in [2.45, 2.75) is 70.0 Å². The molecule has 1 aliphatic carbocycles. The SMILES string of the molecule is CNOC(=O)CCC[C@H](O)C#C/C=C/C=C/[C@H](O)CC#CC1CCCCC1. The second-order valence-corrected chi connectivity index (χ2v) is 6.55. The van der Waals surface area contributed by atoms with E-state index in [1.807, 2.05) is 0 Å². The molecule has 5 heteroatoms. The number of carbonyl (C=O) groups is 1. The Hall–Kier alpha value is -2.05. The lowest BCUT2D eigenvalue weighted by Crippen LogP contribution is -2.15. The van der Waals surface area contributed by atoms with E-state index in [0.29, 0.717) is 25.2 Å². The number of aliphatic hydroxyl groups excluding tert-OH is 2. The van der Waals surface area contributed by atoms with Gasteiger partial charge in [0, 0.05) is 25.8 Å². The number of aliphatic hydroxyl groups is 2. The number of hydroxylamine groups is 1. The molecule has 0 bridgehead atoms. The average molecular weight is 373 g/mol. The molecule has 1 fully saturated rings. The van der Waals surface area contributed by atoms with Gasteiger partial charge in [0.2, 0.25) is 0 Å². The third kappa shape index (κ3) is 12.9. The first-order chi connectivity index (χ1) is 13.1. The summed E-state index contributed by atoms with van der Waals surface area (Å²) in [6.07, 6.45) is 13.2. The molecule has 5 nitrogen and oxygen atoms in total. The maximum Gasteiger partial charge on any atom is 0.324 e.